The lowest BCUT2D eigenvalue weighted by atomic mass is 10.1. The molecule has 8 heteroatoms. The highest BCUT2D eigenvalue weighted by molar-refractivity contribution is 7.89. The smallest absolute Gasteiger partial charge is 0.269 e. The van der Waals surface area contributed by atoms with Crippen molar-refractivity contribution in [2.24, 2.45) is 0 Å². The maximum absolute atomic E-state index is 12.2. The Morgan fingerprint density at radius 2 is 1.52 bits per heavy atom. The van der Waals surface area contributed by atoms with Crippen molar-refractivity contribution in [2.75, 3.05) is 13.2 Å². The summed E-state index contributed by atoms with van der Waals surface area (Å²) in [6, 6.07) is 12.6. The number of aliphatic hydroxyl groups excluding tert-OH is 1. The molecule has 0 aliphatic heterocycles. The van der Waals surface area contributed by atoms with E-state index in [2.05, 4.69) is 4.72 Å². The molecule has 0 aliphatic carbocycles. The van der Waals surface area contributed by atoms with E-state index in [0.717, 1.165) is 17.5 Å². The van der Waals surface area contributed by atoms with Crippen molar-refractivity contribution >= 4 is 15.7 Å². The second-order valence-corrected chi connectivity index (χ2v) is 7.31. The summed E-state index contributed by atoms with van der Waals surface area (Å²) in [7, 11) is -3.69. The van der Waals surface area contributed by atoms with Crippen LogP contribution in [0, 0.1) is 10.1 Å². The minimum Gasteiger partial charge on any atom is -0.396 e. The molecule has 0 saturated carbocycles. The zero-order valence-corrected chi connectivity index (χ0v) is 14.4. The van der Waals surface area contributed by atoms with Gasteiger partial charge in [-0.15, -0.1) is 0 Å². The van der Waals surface area contributed by atoms with Gasteiger partial charge in [0.15, 0.2) is 0 Å². The summed E-state index contributed by atoms with van der Waals surface area (Å²) in [4.78, 5) is 10.0. The highest BCUT2D eigenvalue weighted by Gasteiger charge is 2.15. The maximum Gasteiger partial charge on any atom is 0.269 e. The van der Waals surface area contributed by atoms with Crippen LogP contribution in [0.15, 0.2) is 53.4 Å². The Morgan fingerprint density at radius 1 is 0.960 bits per heavy atom. The number of aliphatic hydroxyl groups is 1. The minimum absolute atomic E-state index is 0.00236. The lowest BCUT2D eigenvalue weighted by Crippen LogP contribution is -2.26. The van der Waals surface area contributed by atoms with Crippen molar-refractivity contribution in [3.05, 3.63) is 69.8 Å². The van der Waals surface area contributed by atoms with Gasteiger partial charge in [-0.3, -0.25) is 10.1 Å². The van der Waals surface area contributed by atoms with Gasteiger partial charge < -0.3 is 5.11 Å². The Labute approximate surface area is 146 Å². The van der Waals surface area contributed by atoms with Crippen molar-refractivity contribution in [1.82, 2.24) is 4.72 Å². The van der Waals surface area contributed by atoms with E-state index in [0.29, 0.717) is 12.8 Å². The molecule has 0 amide bonds. The molecule has 0 heterocycles. The average molecular weight is 364 g/mol. The Kier molecular flexibility index (Phi) is 6.63. The number of benzene rings is 2. The number of nitro benzene ring substituents is 1. The minimum atomic E-state index is -3.69. The molecule has 134 valence electrons. The number of aryl methyl sites for hydroxylation is 1. The Bertz CT molecular complexity index is 802. The van der Waals surface area contributed by atoms with E-state index in [4.69, 9.17) is 5.11 Å². The van der Waals surface area contributed by atoms with Crippen LogP contribution in [-0.4, -0.2) is 31.6 Å². The predicted molar refractivity (Wildman–Crippen MR) is 93.8 cm³/mol. The maximum atomic E-state index is 12.2. The zero-order valence-electron chi connectivity index (χ0n) is 13.6. The summed E-state index contributed by atoms with van der Waals surface area (Å²) >= 11 is 0. The van der Waals surface area contributed by atoms with Crippen LogP contribution in [0.4, 0.5) is 5.69 Å². The lowest BCUT2D eigenvalue weighted by molar-refractivity contribution is -0.384. The quantitative estimate of drug-likeness (QED) is 0.523. The van der Waals surface area contributed by atoms with Crippen LogP contribution in [0.1, 0.15) is 17.5 Å². The van der Waals surface area contributed by atoms with Gasteiger partial charge in [0.2, 0.25) is 10.0 Å². The molecule has 0 bridgehead atoms. The monoisotopic (exact) mass is 364 g/mol. The van der Waals surface area contributed by atoms with E-state index < -0.39 is 14.9 Å². The van der Waals surface area contributed by atoms with Crippen molar-refractivity contribution in [2.45, 2.75) is 24.2 Å². The molecule has 7 nitrogen and oxygen atoms in total. The first kappa shape index (κ1) is 19.0. The van der Waals surface area contributed by atoms with Crippen LogP contribution in [-0.2, 0) is 22.9 Å². The third-order valence-corrected chi connectivity index (χ3v) is 5.19. The molecule has 0 aliphatic rings. The first-order valence-electron chi connectivity index (χ1n) is 7.85. The van der Waals surface area contributed by atoms with E-state index in [-0.39, 0.29) is 23.7 Å². The van der Waals surface area contributed by atoms with Crippen LogP contribution in [0.2, 0.25) is 0 Å². The summed E-state index contributed by atoms with van der Waals surface area (Å²) < 4.78 is 26.8. The van der Waals surface area contributed by atoms with Gasteiger partial charge in [-0.1, -0.05) is 24.3 Å². The molecule has 25 heavy (non-hydrogen) atoms. The van der Waals surface area contributed by atoms with Gasteiger partial charge in [-0.2, -0.15) is 0 Å². The van der Waals surface area contributed by atoms with Crippen molar-refractivity contribution < 1.29 is 18.4 Å². The van der Waals surface area contributed by atoms with Crippen molar-refractivity contribution in [1.29, 1.82) is 0 Å². The summed E-state index contributed by atoms with van der Waals surface area (Å²) in [5.74, 6) is 0. The van der Waals surface area contributed by atoms with E-state index in [1.807, 2.05) is 24.3 Å². The highest BCUT2D eigenvalue weighted by atomic mass is 32.2. The molecular weight excluding hydrogens is 344 g/mol. The number of nitrogens with zero attached hydrogens (tertiary/aromatic N) is 1. The molecule has 0 aromatic heterocycles. The fourth-order valence-corrected chi connectivity index (χ4v) is 3.35. The first-order chi connectivity index (χ1) is 11.9. The molecular formula is C17H20N2O5S. The van der Waals surface area contributed by atoms with Crippen LogP contribution in [0.5, 0.6) is 0 Å². The fraction of sp³-hybridized carbons (Fsp3) is 0.294. The van der Waals surface area contributed by atoms with Gasteiger partial charge in [-0.05, 0) is 42.5 Å². The number of sulfonamides is 1. The van der Waals surface area contributed by atoms with Crippen molar-refractivity contribution in [3.8, 4) is 0 Å². The highest BCUT2D eigenvalue weighted by Crippen LogP contribution is 2.15. The number of nitrogens with one attached hydrogen (secondary N) is 1. The molecule has 2 N–H and O–H groups in total. The number of rotatable bonds is 9. The molecule has 0 atom stereocenters. The molecule has 0 unspecified atom stereocenters. The summed E-state index contributed by atoms with van der Waals surface area (Å²) in [6.45, 7) is 0.390. The van der Waals surface area contributed by atoms with Gasteiger partial charge in [0, 0.05) is 25.3 Å². The lowest BCUT2D eigenvalue weighted by Gasteiger charge is -2.07. The first-order valence-corrected chi connectivity index (χ1v) is 9.33. The van der Waals surface area contributed by atoms with Gasteiger partial charge >= 0.3 is 0 Å². The topological polar surface area (TPSA) is 110 Å². The van der Waals surface area contributed by atoms with Gasteiger partial charge in [0.25, 0.3) is 5.69 Å². The Hall–Kier alpha value is -2.29. The second-order valence-electron chi connectivity index (χ2n) is 5.54. The van der Waals surface area contributed by atoms with Crippen LogP contribution in [0.3, 0.4) is 0 Å². The Balaban J connectivity index is 1.90. The second kappa shape index (κ2) is 8.70. The Morgan fingerprint density at radius 3 is 2.04 bits per heavy atom. The molecule has 2 aromatic carbocycles. The number of hydrogen-bond donors (Lipinski definition) is 2. The fourth-order valence-electron chi connectivity index (χ4n) is 2.32. The number of nitro groups is 1. The van der Waals surface area contributed by atoms with Crippen LogP contribution in [0.25, 0.3) is 0 Å². The van der Waals surface area contributed by atoms with Crippen LogP contribution >= 0.6 is 0 Å². The molecule has 0 spiro atoms. The van der Waals surface area contributed by atoms with Gasteiger partial charge in [0.1, 0.15) is 0 Å². The predicted octanol–water partition coefficient (Wildman–Crippen LogP) is 2.04. The van der Waals surface area contributed by atoms with E-state index >= 15 is 0 Å². The molecule has 2 aromatic rings. The van der Waals surface area contributed by atoms with E-state index in [1.165, 1.54) is 24.3 Å². The zero-order chi connectivity index (χ0) is 18.3. The average Bonchev–Trinajstić information content (AvgIpc) is 2.61. The molecule has 0 saturated heterocycles. The third-order valence-electron chi connectivity index (χ3n) is 3.71. The van der Waals surface area contributed by atoms with Gasteiger partial charge in [-0.25, -0.2) is 13.1 Å². The third kappa shape index (κ3) is 5.63. The molecule has 2 rings (SSSR count). The summed E-state index contributed by atoms with van der Waals surface area (Å²) in [6.07, 6.45) is 2.06. The summed E-state index contributed by atoms with van der Waals surface area (Å²) in [5, 5.41) is 19.4. The van der Waals surface area contributed by atoms with Crippen molar-refractivity contribution in [3.63, 3.8) is 0 Å². The number of hydrogen-bond acceptors (Lipinski definition) is 5. The normalized spacial score (nSPS) is 11.4. The SMILES string of the molecule is O=[N+]([O-])c1ccc(S(=O)(=O)NCCc2ccc(CCCO)cc2)cc1. The standard InChI is InChI=1S/C17H20N2O5S/c20-13-1-2-14-3-5-15(6-4-14)11-12-18-25(23,24)17-9-7-16(8-10-17)19(21)22/h3-10,18,20H,1-2,11-13H2. The summed E-state index contributed by atoms with van der Waals surface area (Å²) in [5.41, 5.74) is 1.98. The molecule has 0 radical (unpaired) electrons. The van der Waals surface area contributed by atoms with E-state index in [1.54, 1.807) is 0 Å². The van der Waals surface area contributed by atoms with Crippen LogP contribution < -0.4 is 4.72 Å². The largest absolute Gasteiger partial charge is 0.396 e. The van der Waals surface area contributed by atoms with Gasteiger partial charge in [0.05, 0.1) is 9.82 Å². The molecule has 0 fully saturated rings. The van der Waals surface area contributed by atoms with E-state index in [9.17, 15) is 18.5 Å². The number of non-ortho nitro benzene ring substituents is 1.